The van der Waals surface area contributed by atoms with Crippen LogP contribution in [0.2, 0.25) is 0 Å². The quantitative estimate of drug-likeness (QED) is 0.759. The van der Waals surface area contributed by atoms with E-state index in [2.05, 4.69) is 0 Å². The largest absolute Gasteiger partial charge is 0.496 e. The number of halogens is 1. The molecule has 1 fully saturated rings. The van der Waals surface area contributed by atoms with Crippen molar-refractivity contribution in [1.82, 2.24) is 4.90 Å². The molecule has 1 saturated heterocycles. The molecular weight excluding hydrogens is 359 g/mol. The monoisotopic (exact) mass is 386 g/mol. The van der Waals surface area contributed by atoms with Gasteiger partial charge in [-0.05, 0) is 44.2 Å². The Bertz CT molecular complexity index is 817. The summed E-state index contributed by atoms with van der Waals surface area (Å²) in [4.78, 5) is 16.7. The van der Waals surface area contributed by atoms with Gasteiger partial charge in [-0.25, -0.2) is 4.39 Å². The standard InChI is InChI=1S/C22H27FN2O3/c1-16(2)28-15-18-14-17(8-9-21(18)27-3)22(26)25-12-10-24(11-13-25)20-7-5-4-6-19(20)23/h4-9,14,16H,10-13,15H2,1-3H3. The van der Waals surface area contributed by atoms with E-state index in [4.69, 9.17) is 9.47 Å². The molecule has 0 radical (unpaired) electrons. The maximum Gasteiger partial charge on any atom is 0.253 e. The van der Waals surface area contributed by atoms with Crippen molar-refractivity contribution in [1.29, 1.82) is 0 Å². The number of carbonyl (C=O) groups is 1. The zero-order chi connectivity index (χ0) is 20.1. The van der Waals surface area contributed by atoms with Gasteiger partial charge >= 0.3 is 0 Å². The van der Waals surface area contributed by atoms with E-state index in [1.807, 2.05) is 41.8 Å². The third-order valence-corrected chi connectivity index (χ3v) is 4.86. The summed E-state index contributed by atoms with van der Waals surface area (Å²) < 4.78 is 25.1. The topological polar surface area (TPSA) is 42.0 Å². The van der Waals surface area contributed by atoms with Crippen LogP contribution in [0.3, 0.4) is 0 Å². The predicted molar refractivity (Wildman–Crippen MR) is 107 cm³/mol. The molecule has 28 heavy (non-hydrogen) atoms. The van der Waals surface area contributed by atoms with Crippen molar-refractivity contribution >= 4 is 11.6 Å². The molecule has 2 aromatic carbocycles. The van der Waals surface area contributed by atoms with Crippen LogP contribution in [0, 0.1) is 5.82 Å². The molecule has 1 heterocycles. The summed E-state index contributed by atoms with van der Waals surface area (Å²) in [5.41, 5.74) is 2.06. The molecule has 0 saturated carbocycles. The number of methoxy groups -OCH3 is 1. The number of carbonyl (C=O) groups excluding carboxylic acids is 1. The van der Waals surface area contributed by atoms with E-state index >= 15 is 0 Å². The zero-order valence-electron chi connectivity index (χ0n) is 16.7. The molecule has 2 aromatic rings. The summed E-state index contributed by atoms with van der Waals surface area (Å²) in [6, 6.07) is 12.2. The number of anilines is 1. The van der Waals surface area contributed by atoms with Gasteiger partial charge in [0.15, 0.2) is 0 Å². The van der Waals surface area contributed by atoms with Crippen LogP contribution in [0.4, 0.5) is 10.1 Å². The molecule has 5 nitrogen and oxygen atoms in total. The van der Waals surface area contributed by atoms with Crippen LogP contribution >= 0.6 is 0 Å². The Kier molecular flexibility index (Phi) is 6.52. The van der Waals surface area contributed by atoms with Crippen LogP contribution in [0.15, 0.2) is 42.5 Å². The first-order valence-corrected chi connectivity index (χ1v) is 9.57. The fraction of sp³-hybridized carbons (Fsp3) is 0.409. The van der Waals surface area contributed by atoms with Gasteiger partial charge in [0.25, 0.3) is 5.91 Å². The lowest BCUT2D eigenvalue weighted by molar-refractivity contribution is 0.0642. The van der Waals surface area contributed by atoms with Gasteiger partial charge in [-0.15, -0.1) is 0 Å². The number of ether oxygens (including phenoxy) is 2. The number of benzene rings is 2. The van der Waals surface area contributed by atoms with Crippen molar-refractivity contribution in [3.63, 3.8) is 0 Å². The molecule has 0 aromatic heterocycles. The molecule has 0 unspecified atom stereocenters. The van der Waals surface area contributed by atoms with E-state index in [-0.39, 0.29) is 17.8 Å². The van der Waals surface area contributed by atoms with Gasteiger partial charge in [-0.2, -0.15) is 0 Å². The maximum atomic E-state index is 14.0. The number of hydrogen-bond donors (Lipinski definition) is 0. The van der Waals surface area contributed by atoms with E-state index in [1.165, 1.54) is 6.07 Å². The van der Waals surface area contributed by atoms with E-state index in [9.17, 15) is 9.18 Å². The molecular formula is C22H27FN2O3. The Labute approximate surface area is 165 Å². The minimum absolute atomic E-state index is 0.0263. The first kappa shape index (κ1) is 20.1. The lowest BCUT2D eigenvalue weighted by atomic mass is 10.1. The molecule has 0 N–H and O–H groups in total. The molecule has 3 rings (SSSR count). The second-order valence-electron chi connectivity index (χ2n) is 7.12. The van der Waals surface area contributed by atoms with Gasteiger partial charge in [0, 0.05) is 37.3 Å². The first-order chi connectivity index (χ1) is 13.5. The Morgan fingerprint density at radius 3 is 2.46 bits per heavy atom. The van der Waals surface area contributed by atoms with E-state index in [0.29, 0.717) is 49.8 Å². The van der Waals surface area contributed by atoms with Crippen LogP contribution in [0.1, 0.15) is 29.8 Å². The van der Waals surface area contributed by atoms with Crippen molar-refractivity contribution in [2.75, 3.05) is 38.2 Å². The summed E-state index contributed by atoms with van der Waals surface area (Å²) in [6.45, 7) is 6.64. The molecule has 1 aliphatic rings. The molecule has 0 aliphatic carbocycles. The highest BCUT2D eigenvalue weighted by Gasteiger charge is 2.24. The lowest BCUT2D eigenvalue weighted by Gasteiger charge is -2.36. The first-order valence-electron chi connectivity index (χ1n) is 9.57. The molecule has 1 amide bonds. The number of piperazine rings is 1. The van der Waals surface area contributed by atoms with Crippen molar-refractivity contribution in [2.45, 2.75) is 26.6 Å². The van der Waals surface area contributed by atoms with Gasteiger partial charge in [0.2, 0.25) is 0 Å². The van der Waals surface area contributed by atoms with Crippen molar-refractivity contribution in [3.8, 4) is 5.75 Å². The number of amides is 1. The Morgan fingerprint density at radius 2 is 1.82 bits per heavy atom. The normalized spacial score (nSPS) is 14.5. The predicted octanol–water partition coefficient (Wildman–Crippen LogP) is 3.72. The molecule has 0 bridgehead atoms. The number of nitrogens with zero attached hydrogens (tertiary/aromatic N) is 2. The highest BCUT2D eigenvalue weighted by molar-refractivity contribution is 5.94. The molecule has 1 aliphatic heterocycles. The van der Waals surface area contributed by atoms with E-state index in [1.54, 1.807) is 25.3 Å². The third-order valence-electron chi connectivity index (χ3n) is 4.86. The number of rotatable bonds is 6. The van der Waals surface area contributed by atoms with E-state index < -0.39 is 0 Å². The van der Waals surface area contributed by atoms with E-state index in [0.717, 1.165) is 5.56 Å². The van der Waals surface area contributed by atoms with Crippen LogP contribution in [-0.4, -0.2) is 50.2 Å². The smallest absolute Gasteiger partial charge is 0.253 e. The summed E-state index contributed by atoms with van der Waals surface area (Å²) in [7, 11) is 1.61. The fourth-order valence-corrected chi connectivity index (χ4v) is 3.32. The third kappa shape index (κ3) is 4.62. The summed E-state index contributed by atoms with van der Waals surface area (Å²) in [5.74, 6) is 0.454. The SMILES string of the molecule is COc1ccc(C(=O)N2CCN(c3ccccc3F)CC2)cc1COC(C)C. The van der Waals surface area contributed by atoms with Crippen molar-refractivity contribution in [3.05, 3.63) is 59.4 Å². The van der Waals surface area contributed by atoms with Crippen LogP contribution < -0.4 is 9.64 Å². The van der Waals surface area contributed by atoms with Gasteiger partial charge in [-0.3, -0.25) is 4.79 Å². The minimum Gasteiger partial charge on any atom is -0.496 e. The van der Waals surface area contributed by atoms with Gasteiger partial charge in [0.05, 0.1) is 25.5 Å². The van der Waals surface area contributed by atoms with Crippen LogP contribution in [0.25, 0.3) is 0 Å². The Balaban J connectivity index is 1.68. The molecule has 6 heteroatoms. The highest BCUT2D eigenvalue weighted by atomic mass is 19.1. The van der Waals surface area contributed by atoms with Gasteiger partial charge < -0.3 is 19.3 Å². The summed E-state index contributed by atoms with van der Waals surface area (Å²) >= 11 is 0. The van der Waals surface area contributed by atoms with Crippen LogP contribution in [-0.2, 0) is 11.3 Å². The number of hydrogen-bond acceptors (Lipinski definition) is 4. The maximum absolute atomic E-state index is 14.0. The number of para-hydroxylation sites is 1. The molecule has 0 spiro atoms. The summed E-state index contributed by atoms with van der Waals surface area (Å²) in [5, 5.41) is 0. The van der Waals surface area contributed by atoms with Gasteiger partial charge in [0.1, 0.15) is 11.6 Å². The second-order valence-corrected chi connectivity index (χ2v) is 7.12. The Hall–Kier alpha value is -2.60. The highest BCUT2D eigenvalue weighted by Crippen LogP contribution is 2.24. The minimum atomic E-state index is -0.229. The fourth-order valence-electron chi connectivity index (χ4n) is 3.32. The van der Waals surface area contributed by atoms with Crippen LogP contribution in [0.5, 0.6) is 5.75 Å². The average Bonchev–Trinajstić information content (AvgIpc) is 2.72. The van der Waals surface area contributed by atoms with Crippen molar-refractivity contribution in [2.24, 2.45) is 0 Å². The molecule has 0 atom stereocenters. The average molecular weight is 386 g/mol. The Morgan fingerprint density at radius 1 is 1.11 bits per heavy atom. The van der Waals surface area contributed by atoms with Gasteiger partial charge in [-0.1, -0.05) is 12.1 Å². The lowest BCUT2D eigenvalue weighted by Crippen LogP contribution is -2.49. The molecule has 150 valence electrons. The zero-order valence-corrected chi connectivity index (χ0v) is 16.7. The van der Waals surface area contributed by atoms with Crippen molar-refractivity contribution < 1.29 is 18.7 Å². The second kappa shape index (κ2) is 9.06. The summed E-state index contributed by atoms with van der Waals surface area (Å²) in [6.07, 6.45) is 0.0931.